The van der Waals surface area contributed by atoms with Crippen molar-refractivity contribution in [1.29, 1.82) is 0 Å². The molecule has 0 atom stereocenters. The average molecular weight is 620 g/mol. The number of aromatic hydroxyl groups is 2. The Balaban J connectivity index is 0.000000220. The second kappa shape index (κ2) is 13.2. The van der Waals surface area contributed by atoms with E-state index in [1.807, 2.05) is 26.8 Å². The van der Waals surface area contributed by atoms with Gasteiger partial charge in [0.25, 0.3) is 0 Å². The number of fused-ring (bicyclic) bond motifs is 2. The molecule has 216 valence electrons. The summed E-state index contributed by atoms with van der Waals surface area (Å²) in [6.45, 7) is 7.81. The molecule has 0 radical (unpaired) electrons. The summed E-state index contributed by atoms with van der Waals surface area (Å²) >= 11 is 3.38. The summed E-state index contributed by atoms with van der Waals surface area (Å²) < 4.78 is 20.8. The van der Waals surface area contributed by atoms with E-state index in [2.05, 4.69) is 15.9 Å². The van der Waals surface area contributed by atoms with Crippen molar-refractivity contribution < 1.29 is 43.9 Å². The van der Waals surface area contributed by atoms with Crippen LogP contribution in [0.2, 0.25) is 0 Å². The van der Waals surface area contributed by atoms with Crippen LogP contribution in [-0.4, -0.2) is 53.4 Å². The van der Waals surface area contributed by atoms with Gasteiger partial charge >= 0.3 is 11.9 Å². The Morgan fingerprint density at radius 1 is 0.825 bits per heavy atom. The molecule has 0 bridgehead atoms. The molecule has 0 aromatic heterocycles. The molecule has 0 saturated heterocycles. The van der Waals surface area contributed by atoms with Crippen molar-refractivity contribution in [3.63, 3.8) is 0 Å². The van der Waals surface area contributed by atoms with E-state index in [1.54, 1.807) is 20.1 Å². The molecule has 0 fully saturated rings. The summed E-state index contributed by atoms with van der Waals surface area (Å²) in [7, 11) is 3.09. The van der Waals surface area contributed by atoms with E-state index < -0.39 is 11.9 Å². The smallest absolute Gasteiger partial charge is 0.342 e. The second-order valence-corrected chi connectivity index (χ2v) is 10.2. The Bertz CT molecular complexity index is 1280. The number of rotatable bonds is 8. The highest BCUT2D eigenvalue weighted by molar-refractivity contribution is 9.09. The summed E-state index contributed by atoms with van der Waals surface area (Å²) in [5.74, 6) is 0.0910. The monoisotopic (exact) mass is 618 g/mol. The van der Waals surface area contributed by atoms with Crippen LogP contribution in [0.15, 0.2) is 23.3 Å². The number of aliphatic hydroxyl groups is 1. The molecule has 2 aliphatic rings. The van der Waals surface area contributed by atoms with Crippen molar-refractivity contribution in [3.8, 4) is 23.0 Å². The normalized spacial score (nSPS) is 14.2. The summed E-state index contributed by atoms with van der Waals surface area (Å²) in [6, 6.07) is 0. The van der Waals surface area contributed by atoms with Crippen LogP contribution in [-0.2, 0) is 35.5 Å². The first-order valence-electron chi connectivity index (χ1n) is 12.7. The minimum absolute atomic E-state index is 0.0245. The van der Waals surface area contributed by atoms with Gasteiger partial charge in [-0.05, 0) is 51.7 Å². The zero-order chi connectivity index (χ0) is 29.7. The molecule has 2 aromatic carbocycles. The van der Waals surface area contributed by atoms with Gasteiger partial charge < -0.3 is 34.3 Å². The van der Waals surface area contributed by atoms with E-state index in [1.165, 1.54) is 7.11 Å². The third-order valence-electron chi connectivity index (χ3n) is 7.06. The van der Waals surface area contributed by atoms with Crippen LogP contribution >= 0.6 is 15.9 Å². The first-order chi connectivity index (χ1) is 19.0. The number of methoxy groups -OCH3 is 2. The van der Waals surface area contributed by atoms with Crippen molar-refractivity contribution in [3.05, 3.63) is 67.8 Å². The fraction of sp³-hybridized carbons (Fsp3) is 0.400. The molecule has 9 nitrogen and oxygen atoms in total. The van der Waals surface area contributed by atoms with Gasteiger partial charge in [-0.15, -0.1) is 0 Å². The van der Waals surface area contributed by atoms with Gasteiger partial charge in [0.05, 0.1) is 20.8 Å². The molecule has 0 aliphatic carbocycles. The molecule has 0 saturated carbocycles. The van der Waals surface area contributed by atoms with Crippen molar-refractivity contribution >= 4 is 27.9 Å². The number of esters is 2. The van der Waals surface area contributed by atoms with Crippen molar-refractivity contribution in [2.45, 2.75) is 53.8 Å². The minimum Gasteiger partial charge on any atom is -0.507 e. The summed E-state index contributed by atoms with van der Waals surface area (Å²) in [6.07, 6.45) is 4.68. The molecular formula is C30H35BrO9. The molecule has 2 aromatic rings. The number of aliphatic hydroxyl groups excluding tert-OH is 1. The van der Waals surface area contributed by atoms with E-state index in [0.29, 0.717) is 46.6 Å². The number of halogens is 1. The van der Waals surface area contributed by atoms with Crippen LogP contribution in [0, 0.1) is 13.8 Å². The summed E-state index contributed by atoms with van der Waals surface area (Å²) in [5.41, 5.74) is 6.65. The zero-order valence-electron chi connectivity index (χ0n) is 23.6. The molecule has 4 rings (SSSR count). The number of carbonyl (C=O) groups excluding carboxylic acids is 2. The van der Waals surface area contributed by atoms with Gasteiger partial charge in [-0.1, -0.05) is 39.2 Å². The van der Waals surface area contributed by atoms with E-state index in [4.69, 9.17) is 24.1 Å². The molecule has 0 unspecified atom stereocenters. The van der Waals surface area contributed by atoms with Crippen LogP contribution < -0.4 is 9.47 Å². The molecule has 0 spiro atoms. The van der Waals surface area contributed by atoms with Gasteiger partial charge in [0.1, 0.15) is 47.3 Å². The lowest BCUT2D eigenvalue weighted by Gasteiger charge is -2.15. The standard InChI is InChI=1S/C15H17BrO4.C15H18O5/c2*1-8(6-16)4-5-10-13(17)12-11(7-20-15(12)18)9(2)14(10)19-3/h4,17H,5-7H2,1-3H3;4,16-17H,5-7H2,1-3H3/b2*8-4+. The Hall–Kier alpha value is -3.50. The topological polar surface area (TPSA) is 132 Å². The van der Waals surface area contributed by atoms with E-state index in [0.717, 1.165) is 27.6 Å². The number of alkyl halides is 1. The fourth-order valence-corrected chi connectivity index (χ4v) is 4.96. The highest BCUT2D eigenvalue weighted by Gasteiger charge is 2.33. The Morgan fingerprint density at radius 3 is 1.57 bits per heavy atom. The number of carbonyl (C=O) groups is 2. The van der Waals surface area contributed by atoms with E-state index in [-0.39, 0.29) is 42.4 Å². The van der Waals surface area contributed by atoms with Crippen LogP contribution in [0.3, 0.4) is 0 Å². The average Bonchev–Trinajstić information content (AvgIpc) is 3.53. The highest BCUT2D eigenvalue weighted by Crippen LogP contribution is 2.43. The zero-order valence-corrected chi connectivity index (χ0v) is 25.2. The maximum Gasteiger partial charge on any atom is 0.342 e. The third kappa shape index (κ3) is 5.97. The number of hydrogen-bond donors (Lipinski definition) is 3. The van der Waals surface area contributed by atoms with Crippen LogP contribution in [0.4, 0.5) is 0 Å². The maximum atomic E-state index is 11.7. The quantitative estimate of drug-likeness (QED) is 0.209. The van der Waals surface area contributed by atoms with Gasteiger partial charge in [-0.2, -0.15) is 0 Å². The highest BCUT2D eigenvalue weighted by atomic mass is 79.9. The Labute approximate surface area is 242 Å². The second-order valence-electron chi connectivity index (χ2n) is 9.63. The first-order valence-corrected chi connectivity index (χ1v) is 13.8. The summed E-state index contributed by atoms with van der Waals surface area (Å²) in [5, 5.41) is 30.5. The number of benzene rings is 2. The number of phenolic OH excluding ortho intramolecular Hbond substituents is 2. The third-order valence-corrected chi connectivity index (χ3v) is 7.95. The lowest BCUT2D eigenvalue weighted by atomic mass is 9.95. The molecule has 40 heavy (non-hydrogen) atoms. The summed E-state index contributed by atoms with van der Waals surface area (Å²) in [4.78, 5) is 23.4. The lowest BCUT2D eigenvalue weighted by molar-refractivity contribution is 0.0523. The molecular weight excluding hydrogens is 584 g/mol. The van der Waals surface area contributed by atoms with Crippen LogP contribution in [0.25, 0.3) is 0 Å². The van der Waals surface area contributed by atoms with E-state index in [9.17, 15) is 19.8 Å². The maximum absolute atomic E-state index is 11.7. The first kappa shape index (κ1) is 31.0. The van der Waals surface area contributed by atoms with E-state index >= 15 is 0 Å². The van der Waals surface area contributed by atoms with Gasteiger partial charge in [0.15, 0.2) is 0 Å². The number of cyclic esters (lactones) is 2. The van der Waals surface area contributed by atoms with Gasteiger partial charge in [0, 0.05) is 27.6 Å². The van der Waals surface area contributed by atoms with Crippen molar-refractivity contribution in [1.82, 2.24) is 0 Å². The van der Waals surface area contributed by atoms with Crippen LogP contribution in [0.5, 0.6) is 23.0 Å². The molecule has 2 heterocycles. The van der Waals surface area contributed by atoms with Crippen LogP contribution in [0.1, 0.15) is 67.9 Å². The SMILES string of the molecule is COc1c(C)c2c(c(O)c1C/C=C(\C)CBr)C(=O)OC2.COc1c(C)c2c(c(O)c1C/C=C(\C)CO)C(=O)OC2. The lowest BCUT2D eigenvalue weighted by Crippen LogP contribution is -2.03. The predicted molar refractivity (Wildman–Crippen MR) is 153 cm³/mol. The van der Waals surface area contributed by atoms with Crippen molar-refractivity contribution in [2.75, 3.05) is 26.2 Å². The van der Waals surface area contributed by atoms with Gasteiger partial charge in [-0.25, -0.2) is 9.59 Å². The predicted octanol–water partition coefficient (Wildman–Crippen LogP) is 5.12. The largest absolute Gasteiger partial charge is 0.507 e. The fourth-order valence-electron chi connectivity index (χ4n) is 4.73. The number of allylic oxidation sites excluding steroid dienone is 3. The Morgan fingerprint density at radius 2 is 1.23 bits per heavy atom. The number of ether oxygens (including phenoxy) is 4. The number of hydrogen-bond acceptors (Lipinski definition) is 9. The molecule has 3 N–H and O–H groups in total. The van der Waals surface area contributed by atoms with Gasteiger partial charge in [-0.3, -0.25) is 0 Å². The minimum atomic E-state index is -0.507. The number of phenols is 2. The Kier molecular flexibility index (Phi) is 10.3. The molecule has 0 amide bonds. The molecule has 10 heteroatoms. The van der Waals surface area contributed by atoms with Gasteiger partial charge in [0.2, 0.25) is 0 Å². The molecule has 2 aliphatic heterocycles. The van der Waals surface area contributed by atoms with Crippen molar-refractivity contribution in [2.24, 2.45) is 0 Å².